The molecule has 4 rings (SSSR count). The van der Waals surface area contributed by atoms with Gasteiger partial charge < -0.3 is 5.32 Å². The number of hydrogen-bond donors (Lipinski definition) is 1. The van der Waals surface area contributed by atoms with E-state index in [4.69, 9.17) is 11.6 Å². The Kier molecular flexibility index (Phi) is 4.88. The maximum atomic E-state index is 12.2. The number of nitrogens with zero attached hydrogens (tertiary/aromatic N) is 2. The molecule has 7 heteroatoms. The molecule has 1 amide bonds. The number of aliphatic imine (C=N–C) groups is 1. The Morgan fingerprint density at radius 1 is 1.12 bits per heavy atom. The first kappa shape index (κ1) is 17.0. The van der Waals surface area contributed by atoms with E-state index in [1.54, 1.807) is 12.1 Å². The fourth-order valence-corrected chi connectivity index (χ4v) is 4.15. The topological polar surface area (TPSA) is 54.4 Å². The Balaban J connectivity index is 1.54. The zero-order valence-electron chi connectivity index (χ0n) is 13.3. The van der Waals surface area contributed by atoms with E-state index >= 15 is 0 Å². The van der Waals surface area contributed by atoms with Crippen LogP contribution in [0.2, 0.25) is 5.02 Å². The molecule has 0 bridgehead atoms. The van der Waals surface area contributed by atoms with Gasteiger partial charge in [-0.2, -0.15) is 4.99 Å². The van der Waals surface area contributed by atoms with E-state index in [1.165, 1.54) is 23.1 Å². The smallest absolute Gasteiger partial charge is 0.264 e. The average molecular weight is 398 g/mol. The van der Waals surface area contributed by atoms with E-state index in [0.717, 1.165) is 16.8 Å². The summed E-state index contributed by atoms with van der Waals surface area (Å²) >= 11 is 8.72. The standard InChI is InChI=1S/C19H12ClN3OS2/c20-14-8-4-5-12(9-14)10-16-17(24)22-19(26-16)23-18-21-15(11-25-18)13-6-2-1-3-7-13/h1-11H,(H,21,22,23,24)/b16-10-. The first-order valence-electron chi connectivity index (χ1n) is 7.73. The number of carbonyl (C=O) groups excluding carboxylic acids is 1. The maximum Gasteiger partial charge on any atom is 0.264 e. The normalized spacial score (nSPS) is 17.0. The van der Waals surface area contributed by atoms with Gasteiger partial charge in [-0.25, -0.2) is 4.98 Å². The van der Waals surface area contributed by atoms with E-state index in [9.17, 15) is 4.79 Å². The van der Waals surface area contributed by atoms with Crippen LogP contribution in [0.3, 0.4) is 0 Å². The number of rotatable bonds is 3. The molecule has 3 aromatic rings. The Morgan fingerprint density at radius 3 is 2.77 bits per heavy atom. The molecule has 1 saturated heterocycles. The van der Waals surface area contributed by atoms with Gasteiger partial charge in [-0.3, -0.25) is 4.79 Å². The quantitative estimate of drug-likeness (QED) is 0.605. The molecule has 0 spiro atoms. The molecule has 1 aliphatic heterocycles. The van der Waals surface area contributed by atoms with Gasteiger partial charge in [0.15, 0.2) is 5.17 Å². The summed E-state index contributed by atoms with van der Waals surface area (Å²) < 4.78 is 0. The molecule has 0 atom stereocenters. The highest BCUT2D eigenvalue weighted by atomic mass is 35.5. The Bertz CT molecular complexity index is 1030. The number of carbonyl (C=O) groups is 1. The molecular formula is C19H12ClN3OS2. The average Bonchev–Trinajstić information content (AvgIpc) is 3.23. The number of amidine groups is 1. The van der Waals surface area contributed by atoms with Crippen molar-refractivity contribution in [1.29, 1.82) is 0 Å². The first-order chi connectivity index (χ1) is 12.7. The molecule has 0 saturated carbocycles. The fourth-order valence-electron chi connectivity index (χ4n) is 2.37. The second-order valence-corrected chi connectivity index (χ2v) is 7.72. The number of thioether (sulfide) groups is 1. The first-order valence-corrected chi connectivity index (χ1v) is 9.81. The van der Waals surface area contributed by atoms with E-state index in [-0.39, 0.29) is 5.91 Å². The summed E-state index contributed by atoms with van der Waals surface area (Å²) in [6.07, 6.45) is 1.80. The van der Waals surface area contributed by atoms with Gasteiger partial charge in [0, 0.05) is 16.0 Å². The Morgan fingerprint density at radius 2 is 1.96 bits per heavy atom. The van der Waals surface area contributed by atoms with Gasteiger partial charge >= 0.3 is 0 Å². The van der Waals surface area contributed by atoms with Crippen LogP contribution in [0, 0.1) is 0 Å². The lowest BCUT2D eigenvalue weighted by molar-refractivity contribution is -0.115. The largest absolute Gasteiger partial charge is 0.300 e. The van der Waals surface area contributed by atoms with Crippen molar-refractivity contribution in [1.82, 2.24) is 10.3 Å². The van der Waals surface area contributed by atoms with Gasteiger partial charge in [0.05, 0.1) is 10.6 Å². The third-order valence-corrected chi connectivity index (χ3v) is 5.44. The SMILES string of the molecule is O=C1N/C(=N\c2nc(-c3ccccc3)cs2)S/C1=C\c1cccc(Cl)c1. The minimum absolute atomic E-state index is 0.173. The Hall–Kier alpha value is -2.41. The van der Waals surface area contributed by atoms with Gasteiger partial charge in [0.25, 0.3) is 5.91 Å². The number of hydrogen-bond acceptors (Lipinski definition) is 5. The van der Waals surface area contributed by atoms with Crippen molar-refractivity contribution >= 4 is 57.0 Å². The molecule has 0 radical (unpaired) electrons. The van der Waals surface area contributed by atoms with Crippen LogP contribution in [-0.4, -0.2) is 16.1 Å². The highest BCUT2D eigenvalue weighted by Crippen LogP contribution is 2.31. The zero-order chi connectivity index (χ0) is 17.9. The highest BCUT2D eigenvalue weighted by Gasteiger charge is 2.24. The van der Waals surface area contributed by atoms with E-state index in [0.29, 0.717) is 20.2 Å². The van der Waals surface area contributed by atoms with Crippen LogP contribution in [0.4, 0.5) is 5.13 Å². The summed E-state index contributed by atoms with van der Waals surface area (Å²) in [4.78, 5) is 21.7. The number of nitrogens with one attached hydrogen (secondary N) is 1. The number of amides is 1. The Labute approximate surface area is 163 Å². The number of benzene rings is 2. The van der Waals surface area contributed by atoms with Crippen molar-refractivity contribution in [3.63, 3.8) is 0 Å². The van der Waals surface area contributed by atoms with Gasteiger partial charge in [0.1, 0.15) is 0 Å². The molecule has 0 unspecified atom stereocenters. The summed E-state index contributed by atoms with van der Waals surface area (Å²) in [5, 5.41) is 6.50. The molecule has 1 aromatic heterocycles. The highest BCUT2D eigenvalue weighted by molar-refractivity contribution is 8.18. The minimum Gasteiger partial charge on any atom is -0.300 e. The molecule has 4 nitrogen and oxygen atoms in total. The van der Waals surface area contributed by atoms with Crippen molar-refractivity contribution in [3.8, 4) is 11.3 Å². The minimum atomic E-state index is -0.173. The third-order valence-electron chi connectivity index (χ3n) is 3.56. The summed E-state index contributed by atoms with van der Waals surface area (Å²) in [6.45, 7) is 0. The van der Waals surface area contributed by atoms with E-state index in [1.807, 2.05) is 53.9 Å². The van der Waals surface area contributed by atoms with Crippen LogP contribution in [-0.2, 0) is 4.79 Å². The third kappa shape index (κ3) is 3.88. The van der Waals surface area contributed by atoms with Gasteiger partial charge in [-0.1, -0.05) is 54.1 Å². The summed E-state index contributed by atoms with van der Waals surface area (Å²) in [6, 6.07) is 17.3. The van der Waals surface area contributed by atoms with E-state index in [2.05, 4.69) is 15.3 Å². The molecule has 2 aromatic carbocycles. The number of thiazole rings is 1. The van der Waals surface area contributed by atoms with Crippen molar-refractivity contribution in [2.75, 3.05) is 0 Å². The second-order valence-electron chi connectivity index (χ2n) is 5.42. The van der Waals surface area contributed by atoms with Crippen molar-refractivity contribution in [3.05, 3.63) is 75.5 Å². The maximum absolute atomic E-state index is 12.2. The van der Waals surface area contributed by atoms with Crippen LogP contribution in [0.5, 0.6) is 0 Å². The summed E-state index contributed by atoms with van der Waals surface area (Å²) in [5.41, 5.74) is 2.79. The van der Waals surface area contributed by atoms with Crippen LogP contribution in [0.25, 0.3) is 17.3 Å². The number of aromatic nitrogens is 1. The van der Waals surface area contributed by atoms with Crippen LogP contribution in [0.1, 0.15) is 5.56 Å². The molecule has 128 valence electrons. The predicted molar refractivity (Wildman–Crippen MR) is 110 cm³/mol. The lowest BCUT2D eigenvalue weighted by Gasteiger charge is -1.95. The molecule has 0 aliphatic carbocycles. The van der Waals surface area contributed by atoms with Gasteiger partial charge in [-0.15, -0.1) is 11.3 Å². The van der Waals surface area contributed by atoms with Crippen LogP contribution >= 0.6 is 34.7 Å². The van der Waals surface area contributed by atoms with Crippen molar-refractivity contribution in [2.45, 2.75) is 0 Å². The van der Waals surface area contributed by atoms with Crippen molar-refractivity contribution < 1.29 is 4.79 Å². The molecule has 2 heterocycles. The van der Waals surface area contributed by atoms with Gasteiger partial charge in [0.2, 0.25) is 5.13 Å². The molecule has 1 fully saturated rings. The molecule has 26 heavy (non-hydrogen) atoms. The second kappa shape index (κ2) is 7.45. The van der Waals surface area contributed by atoms with E-state index < -0.39 is 0 Å². The van der Waals surface area contributed by atoms with Crippen LogP contribution < -0.4 is 5.32 Å². The number of halogens is 1. The summed E-state index contributed by atoms with van der Waals surface area (Å²) in [7, 11) is 0. The molecule has 1 aliphatic rings. The van der Waals surface area contributed by atoms with Crippen LogP contribution in [0.15, 0.2) is 69.9 Å². The van der Waals surface area contributed by atoms with Crippen molar-refractivity contribution in [2.24, 2.45) is 4.99 Å². The molecule has 1 N–H and O–H groups in total. The lowest BCUT2D eigenvalue weighted by atomic mass is 10.2. The molecular weight excluding hydrogens is 386 g/mol. The predicted octanol–water partition coefficient (Wildman–Crippen LogP) is 5.36. The fraction of sp³-hybridized carbons (Fsp3) is 0. The van der Waals surface area contributed by atoms with Gasteiger partial charge in [-0.05, 0) is 35.5 Å². The summed E-state index contributed by atoms with van der Waals surface area (Å²) in [5.74, 6) is -0.173. The zero-order valence-corrected chi connectivity index (χ0v) is 15.7. The lowest BCUT2D eigenvalue weighted by Crippen LogP contribution is -2.19. The monoisotopic (exact) mass is 397 g/mol.